The van der Waals surface area contributed by atoms with Crippen molar-refractivity contribution in [1.29, 1.82) is 0 Å². The van der Waals surface area contributed by atoms with Crippen molar-refractivity contribution < 1.29 is 27.5 Å². The SMILES string of the molecule is Cc1ccc(NC(=O)Nc2ncc(CCS(=O)(=O)c3ccccn3)s2)c(OCC(C)C)c1.Cc1ccc(NC(=O)Nc2ncc(CCSc3ccccn3)s2)c(OCC(C)C)c1. The van der Waals surface area contributed by atoms with Gasteiger partial charge in [-0.2, -0.15) is 0 Å². The van der Waals surface area contributed by atoms with Gasteiger partial charge in [0.2, 0.25) is 0 Å². The van der Waals surface area contributed by atoms with Crippen molar-refractivity contribution in [2.45, 2.75) is 64.4 Å². The highest BCUT2D eigenvalue weighted by molar-refractivity contribution is 7.99. The van der Waals surface area contributed by atoms with Gasteiger partial charge in [0, 0.05) is 40.3 Å². The van der Waals surface area contributed by atoms with Crippen LogP contribution in [0.1, 0.15) is 48.6 Å². The molecule has 14 nitrogen and oxygen atoms in total. The summed E-state index contributed by atoms with van der Waals surface area (Å²) in [5.74, 6) is 2.85. The van der Waals surface area contributed by atoms with Crippen LogP contribution in [0.5, 0.6) is 11.5 Å². The summed E-state index contributed by atoms with van der Waals surface area (Å²) in [5.41, 5.74) is 3.31. The van der Waals surface area contributed by atoms with E-state index in [-0.39, 0.29) is 23.2 Å². The molecule has 0 atom stereocenters. The van der Waals surface area contributed by atoms with Gasteiger partial charge in [0.05, 0.1) is 35.4 Å². The second kappa shape index (κ2) is 23.6. The van der Waals surface area contributed by atoms with Crippen LogP contribution in [0.4, 0.5) is 31.2 Å². The molecule has 62 heavy (non-hydrogen) atoms. The van der Waals surface area contributed by atoms with Gasteiger partial charge in [-0.05, 0) is 98.2 Å². The number of thioether (sulfide) groups is 1. The molecule has 0 saturated carbocycles. The van der Waals surface area contributed by atoms with Gasteiger partial charge in [0.15, 0.2) is 25.1 Å². The Morgan fingerprint density at radius 1 is 0.661 bits per heavy atom. The van der Waals surface area contributed by atoms with E-state index in [4.69, 9.17) is 9.47 Å². The van der Waals surface area contributed by atoms with Crippen LogP contribution >= 0.6 is 34.4 Å². The van der Waals surface area contributed by atoms with Crippen molar-refractivity contribution in [2.24, 2.45) is 11.8 Å². The number of sulfone groups is 1. The van der Waals surface area contributed by atoms with Crippen LogP contribution in [0.15, 0.2) is 108 Å². The zero-order valence-electron chi connectivity index (χ0n) is 35.5. The van der Waals surface area contributed by atoms with Gasteiger partial charge in [-0.3, -0.25) is 10.6 Å². The lowest BCUT2D eigenvalue weighted by Gasteiger charge is -2.14. The predicted octanol–water partition coefficient (Wildman–Crippen LogP) is 10.4. The van der Waals surface area contributed by atoms with Crippen molar-refractivity contribution in [1.82, 2.24) is 19.9 Å². The first-order chi connectivity index (χ1) is 29.7. The maximum Gasteiger partial charge on any atom is 0.325 e. The molecule has 0 aliphatic carbocycles. The maximum atomic E-state index is 12.5. The van der Waals surface area contributed by atoms with E-state index in [9.17, 15) is 18.0 Å². The molecule has 328 valence electrons. The van der Waals surface area contributed by atoms with Crippen molar-refractivity contribution in [3.63, 3.8) is 0 Å². The van der Waals surface area contributed by atoms with Gasteiger partial charge in [0.1, 0.15) is 11.5 Å². The first kappa shape index (κ1) is 47.5. The number of hydrogen-bond acceptors (Lipinski definition) is 13. The fourth-order valence-corrected chi connectivity index (χ4v) is 9.16. The molecule has 0 unspecified atom stereocenters. The number of benzene rings is 2. The summed E-state index contributed by atoms with van der Waals surface area (Å²) < 4.78 is 36.4. The van der Waals surface area contributed by atoms with Gasteiger partial charge in [-0.15, -0.1) is 34.4 Å². The van der Waals surface area contributed by atoms with Crippen LogP contribution in [-0.4, -0.2) is 65.1 Å². The van der Waals surface area contributed by atoms with E-state index in [0.717, 1.165) is 38.1 Å². The summed E-state index contributed by atoms with van der Waals surface area (Å²) in [7, 11) is -3.48. The first-order valence-electron chi connectivity index (χ1n) is 19.9. The summed E-state index contributed by atoms with van der Waals surface area (Å²) in [5, 5.41) is 13.2. The van der Waals surface area contributed by atoms with Crippen molar-refractivity contribution >= 4 is 78.0 Å². The fourth-order valence-electron chi connectivity index (χ4n) is 5.24. The van der Waals surface area contributed by atoms with Crippen LogP contribution < -0.4 is 30.7 Å². The minimum atomic E-state index is -3.48. The summed E-state index contributed by atoms with van der Waals surface area (Å²) in [6.45, 7) is 13.4. The Hall–Kier alpha value is -5.56. The number of rotatable bonds is 18. The van der Waals surface area contributed by atoms with E-state index in [1.807, 2.05) is 68.6 Å². The monoisotopic (exact) mass is 916 g/mol. The van der Waals surface area contributed by atoms with Gasteiger partial charge in [-0.25, -0.2) is 37.9 Å². The third-order valence-electron chi connectivity index (χ3n) is 8.27. The number of hydrogen-bond donors (Lipinski definition) is 4. The molecule has 6 aromatic rings. The van der Waals surface area contributed by atoms with Crippen molar-refractivity contribution in [2.75, 3.05) is 46.0 Å². The number of nitrogens with one attached hydrogen (secondary N) is 4. The number of ether oxygens (including phenoxy) is 2. The van der Waals surface area contributed by atoms with E-state index in [0.29, 0.717) is 58.2 Å². The smallest absolute Gasteiger partial charge is 0.325 e. The number of carbonyl (C=O) groups is 2. The van der Waals surface area contributed by atoms with Crippen LogP contribution in [0, 0.1) is 25.7 Å². The lowest BCUT2D eigenvalue weighted by atomic mass is 10.2. The van der Waals surface area contributed by atoms with Crippen LogP contribution in [0.3, 0.4) is 0 Å². The molecule has 0 aliphatic rings. The molecule has 0 spiro atoms. The average Bonchev–Trinajstić information content (AvgIpc) is 3.90. The third kappa shape index (κ3) is 16.0. The Morgan fingerprint density at radius 2 is 1.18 bits per heavy atom. The number of urea groups is 2. The van der Waals surface area contributed by atoms with E-state index in [1.54, 1.807) is 42.4 Å². The lowest BCUT2D eigenvalue weighted by Crippen LogP contribution is -2.20. The van der Waals surface area contributed by atoms with E-state index >= 15 is 0 Å². The summed E-state index contributed by atoms with van der Waals surface area (Å²) in [6.07, 6.45) is 7.77. The minimum absolute atomic E-state index is 0.0517. The predicted molar refractivity (Wildman–Crippen MR) is 251 cm³/mol. The molecule has 0 bridgehead atoms. The third-order valence-corrected chi connectivity index (χ3v) is 12.8. The Balaban J connectivity index is 0.000000235. The summed E-state index contributed by atoms with van der Waals surface area (Å²) in [4.78, 5) is 43.5. The molecule has 18 heteroatoms. The van der Waals surface area contributed by atoms with Gasteiger partial charge in [0.25, 0.3) is 0 Å². The lowest BCUT2D eigenvalue weighted by molar-refractivity contribution is 0.260. The standard InChI is InChI=1S/C22H26N4O4S2.C22H26N4O2S2/c1-15(2)14-30-19-12-16(3)7-8-18(19)25-21(27)26-22-24-13-17(31-22)9-11-32(28,29)20-6-4-5-10-23-20;1-15(2)14-28-19-12-16(3)7-8-18(19)25-21(27)26-22-24-13-17(30-22)9-11-29-20-6-4-5-10-23-20/h4-8,10,12-13,15H,9,11,14H2,1-3H3,(H2,24,25,26,27);4-8,10,12-13,15H,9,11,14H2,1-3H3,(H2,24,25,26,27). The average molecular weight is 917 g/mol. The number of aromatic nitrogens is 4. The Labute approximate surface area is 375 Å². The molecule has 0 radical (unpaired) electrons. The number of thiazole rings is 2. The molecule has 6 rings (SSSR count). The highest BCUT2D eigenvalue weighted by Crippen LogP contribution is 2.29. The van der Waals surface area contributed by atoms with E-state index in [1.165, 1.54) is 34.9 Å². The second-order valence-electron chi connectivity index (χ2n) is 14.8. The number of carbonyl (C=O) groups excluding carboxylic acids is 2. The number of pyridine rings is 2. The first-order valence-corrected chi connectivity index (χ1v) is 24.2. The minimum Gasteiger partial charge on any atom is -0.491 e. The largest absolute Gasteiger partial charge is 0.491 e. The molecule has 2 aromatic carbocycles. The number of anilines is 4. The summed E-state index contributed by atoms with van der Waals surface area (Å²) >= 11 is 4.41. The number of aryl methyl sites for hydroxylation is 4. The Bertz CT molecular complexity index is 2460. The normalized spacial score (nSPS) is 11.1. The summed E-state index contributed by atoms with van der Waals surface area (Å²) in [6, 6.07) is 21.2. The molecule has 4 aromatic heterocycles. The Kier molecular flexibility index (Phi) is 18.1. The number of nitrogens with zero attached hydrogens (tertiary/aromatic N) is 4. The van der Waals surface area contributed by atoms with Gasteiger partial charge in [-0.1, -0.05) is 52.0 Å². The zero-order chi connectivity index (χ0) is 44.5. The quantitative estimate of drug-likeness (QED) is 0.0601. The van der Waals surface area contributed by atoms with E-state index < -0.39 is 15.9 Å². The molecule has 4 heterocycles. The van der Waals surface area contributed by atoms with Crippen molar-refractivity contribution in [3.8, 4) is 11.5 Å². The molecule has 0 fully saturated rings. The fraction of sp³-hybridized carbons (Fsp3) is 0.318. The van der Waals surface area contributed by atoms with Crippen LogP contribution in [0.2, 0.25) is 0 Å². The van der Waals surface area contributed by atoms with E-state index in [2.05, 4.69) is 68.9 Å². The van der Waals surface area contributed by atoms with Gasteiger partial charge >= 0.3 is 12.1 Å². The molecular weight excluding hydrogens is 865 g/mol. The topological polar surface area (TPSA) is 186 Å². The maximum absolute atomic E-state index is 12.5. The number of amides is 4. The van der Waals surface area contributed by atoms with Crippen LogP contribution in [-0.2, 0) is 22.7 Å². The molecular formula is C44H52N8O6S4. The Morgan fingerprint density at radius 3 is 1.66 bits per heavy atom. The molecule has 0 aliphatic heterocycles. The van der Waals surface area contributed by atoms with Crippen LogP contribution in [0.25, 0.3) is 0 Å². The zero-order valence-corrected chi connectivity index (χ0v) is 38.8. The molecule has 4 amide bonds. The second-order valence-corrected chi connectivity index (χ2v) is 20.2. The highest BCUT2D eigenvalue weighted by Gasteiger charge is 2.18. The molecule has 0 saturated heterocycles. The van der Waals surface area contributed by atoms with Crippen molar-refractivity contribution in [3.05, 3.63) is 118 Å². The van der Waals surface area contributed by atoms with Gasteiger partial charge < -0.3 is 20.1 Å². The molecule has 4 N–H and O–H groups in total. The highest BCUT2D eigenvalue weighted by atomic mass is 32.2.